The van der Waals surface area contributed by atoms with Crippen LogP contribution < -0.4 is 4.90 Å². The summed E-state index contributed by atoms with van der Waals surface area (Å²) in [6.07, 6.45) is 2.41. The maximum absolute atomic E-state index is 10.8. The predicted molar refractivity (Wildman–Crippen MR) is 71.6 cm³/mol. The Morgan fingerprint density at radius 3 is 2.74 bits per heavy atom. The highest BCUT2D eigenvalue weighted by molar-refractivity contribution is 5.87. The molecule has 0 atom stereocenters. The lowest BCUT2D eigenvalue weighted by molar-refractivity contribution is 0.0696. The van der Waals surface area contributed by atoms with Crippen molar-refractivity contribution in [2.75, 3.05) is 44.2 Å². The van der Waals surface area contributed by atoms with Crippen LogP contribution in [0.15, 0.2) is 18.3 Å². The number of aromatic nitrogens is 1. The molecule has 6 heteroatoms. The van der Waals surface area contributed by atoms with Gasteiger partial charge in [-0.3, -0.25) is 4.90 Å². The number of nitrogens with zero attached hydrogens (tertiary/aromatic N) is 3. The molecule has 1 aromatic heterocycles. The van der Waals surface area contributed by atoms with Gasteiger partial charge in [0.15, 0.2) is 0 Å². The number of carbonyl (C=O) groups is 1. The zero-order valence-electron chi connectivity index (χ0n) is 10.8. The minimum Gasteiger partial charge on any atom is -0.478 e. The Labute approximate surface area is 112 Å². The molecule has 0 saturated carbocycles. The van der Waals surface area contributed by atoms with Crippen LogP contribution in [0.3, 0.4) is 0 Å². The Bertz CT molecular complexity index is 422. The number of carboxylic acids is 1. The first kappa shape index (κ1) is 13.8. The minimum atomic E-state index is -0.955. The minimum absolute atomic E-state index is 0.186. The molecular formula is C13H19N3O3. The highest BCUT2D eigenvalue weighted by atomic mass is 16.4. The summed E-state index contributed by atoms with van der Waals surface area (Å²) in [6.45, 7) is 4.51. The molecule has 0 radical (unpaired) electrons. The summed E-state index contributed by atoms with van der Waals surface area (Å²) >= 11 is 0. The molecule has 2 N–H and O–H groups in total. The number of aliphatic hydroxyl groups is 1. The molecule has 19 heavy (non-hydrogen) atoms. The molecule has 2 heterocycles. The van der Waals surface area contributed by atoms with E-state index in [1.54, 1.807) is 12.1 Å². The molecule has 0 amide bonds. The predicted octanol–water partition coefficient (Wildman–Crippen LogP) is 0.284. The average Bonchev–Trinajstić information content (AvgIpc) is 2.65. The van der Waals surface area contributed by atoms with E-state index in [2.05, 4.69) is 14.8 Å². The average molecular weight is 265 g/mol. The zero-order valence-corrected chi connectivity index (χ0v) is 10.8. The molecule has 0 aromatic carbocycles. The number of carboxylic acid groups (broad SMARTS) is 1. The third-order valence-electron chi connectivity index (χ3n) is 3.32. The fourth-order valence-corrected chi connectivity index (χ4v) is 2.26. The molecule has 2 rings (SSSR count). The molecule has 0 aliphatic carbocycles. The van der Waals surface area contributed by atoms with E-state index in [1.165, 1.54) is 6.20 Å². The van der Waals surface area contributed by atoms with Crippen LogP contribution in [0.25, 0.3) is 0 Å². The quantitative estimate of drug-likeness (QED) is 0.814. The van der Waals surface area contributed by atoms with E-state index in [4.69, 9.17) is 10.2 Å². The number of rotatable bonds is 4. The van der Waals surface area contributed by atoms with Gasteiger partial charge in [-0.15, -0.1) is 0 Å². The lowest BCUT2D eigenvalue weighted by atomic mass is 10.3. The van der Waals surface area contributed by atoms with Crippen LogP contribution in [0.1, 0.15) is 16.8 Å². The van der Waals surface area contributed by atoms with Crippen molar-refractivity contribution in [3.63, 3.8) is 0 Å². The van der Waals surface area contributed by atoms with E-state index in [-0.39, 0.29) is 12.2 Å². The monoisotopic (exact) mass is 265 g/mol. The summed E-state index contributed by atoms with van der Waals surface area (Å²) in [5, 5.41) is 17.8. The van der Waals surface area contributed by atoms with Crippen molar-refractivity contribution in [2.45, 2.75) is 6.42 Å². The van der Waals surface area contributed by atoms with Gasteiger partial charge in [0, 0.05) is 32.4 Å². The van der Waals surface area contributed by atoms with Gasteiger partial charge < -0.3 is 15.1 Å². The molecule has 6 nitrogen and oxygen atoms in total. The van der Waals surface area contributed by atoms with Crippen molar-refractivity contribution in [3.8, 4) is 0 Å². The van der Waals surface area contributed by atoms with E-state index in [1.807, 2.05) is 0 Å². The van der Waals surface area contributed by atoms with Gasteiger partial charge in [-0.05, 0) is 25.1 Å². The first-order valence-corrected chi connectivity index (χ1v) is 6.48. The highest BCUT2D eigenvalue weighted by Gasteiger charge is 2.15. The maximum Gasteiger partial charge on any atom is 0.337 e. The molecule has 1 aromatic rings. The largest absolute Gasteiger partial charge is 0.478 e. The number of aliphatic hydroxyl groups excluding tert-OH is 1. The lowest BCUT2D eigenvalue weighted by Crippen LogP contribution is -2.32. The second kappa shape index (κ2) is 6.49. The van der Waals surface area contributed by atoms with Gasteiger partial charge in [0.05, 0.1) is 12.2 Å². The number of anilines is 1. The molecular weight excluding hydrogens is 246 g/mol. The second-order valence-corrected chi connectivity index (χ2v) is 4.62. The number of hydrogen-bond donors (Lipinski definition) is 2. The Hall–Kier alpha value is -1.66. The Balaban J connectivity index is 1.99. The molecule has 1 fully saturated rings. The van der Waals surface area contributed by atoms with Crippen molar-refractivity contribution in [1.82, 2.24) is 9.88 Å². The SMILES string of the molecule is O=C(O)c1ccc(N2CCCN(CCO)CC2)nc1. The normalized spacial score (nSPS) is 17.2. The smallest absolute Gasteiger partial charge is 0.337 e. The summed E-state index contributed by atoms with van der Waals surface area (Å²) < 4.78 is 0. The molecule has 104 valence electrons. The van der Waals surface area contributed by atoms with E-state index in [9.17, 15) is 4.79 Å². The fourth-order valence-electron chi connectivity index (χ4n) is 2.26. The zero-order chi connectivity index (χ0) is 13.7. The first-order chi connectivity index (χ1) is 9.20. The fraction of sp³-hybridized carbons (Fsp3) is 0.538. The molecule has 1 saturated heterocycles. The number of pyridine rings is 1. The lowest BCUT2D eigenvalue weighted by Gasteiger charge is -2.22. The highest BCUT2D eigenvalue weighted by Crippen LogP contribution is 2.14. The summed E-state index contributed by atoms with van der Waals surface area (Å²) in [7, 11) is 0. The number of hydrogen-bond acceptors (Lipinski definition) is 5. The van der Waals surface area contributed by atoms with Crippen LogP contribution in [0.2, 0.25) is 0 Å². The van der Waals surface area contributed by atoms with Gasteiger partial charge in [-0.1, -0.05) is 0 Å². The molecule has 1 aliphatic heterocycles. The van der Waals surface area contributed by atoms with Crippen LogP contribution in [0.4, 0.5) is 5.82 Å². The van der Waals surface area contributed by atoms with Gasteiger partial charge in [-0.25, -0.2) is 9.78 Å². The topological polar surface area (TPSA) is 76.9 Å². The molecule has 0 bridgehead atoms. The number of aromatic carboxylic acids is 1. The van der Waals surface area contributed by atoms with Crippen molar-refractivity contribution in [3.05, 3.63) is 23.9 Å². The van der Waals surface area contributed by atoms with Crippen LogP contribution in [0.5, 0.6) is 0 Å². The third-order valence-corrected chi connectivity index (χ3v) is 3.32. The van der Waals surface area contributed by atoms with E-state index >= 15 is 0 Å². The van der Waals surface area contributed by atoms with Crippen LogP contribution in [0, 0.1) is 0 Å². The first-order valence-electron chi connectivity index (χ1n) is 6.48. The van der Waals surface area contributed by atoms with Gasteiger partial charge >= 0.3 is 5.97 Å². The summed E-state index contributed by atoms with van der Waals surface area (Å²) in [5.74, 6) is -0.139. The second-order valence-electron chi connectivity index (χ2n) is 4.62. The molecule has 0 unspecified atom stereocenters. The Morgan fingerprint density at radius 1 is 1.26 bits per heavy atom. The van der Waals surface area contributed by atoms with Crippen LogP contribution >= 0.6 is 0 Å². The van der Waals surface area contributed by atoms with Crippen molar-refractivity contribution in [1.29, 1.82) is 0 Å². The maximum atomic E-state index is 10.8. The van der Waals surface area contributed by atoms with Gasteiger partial charge in [0.1, 0.15) is 5.82 Å². The third kappa shape index (κ3) is 3.65. The van der Waals surface area contributed by atoms with Crippen molar-refractivity contribution >= 4 is 11.8 Å². The number of β-amino-alcohol motifs (C(OH)–C–C–N with tert-alkyl or cyclic N) is 1. The van der Waals surface area contributed by atoms with E-state index in [0.717, 1.165) is 38.4 Å². The van der Waals surface area contributed by atoms with Crippen LogP contribution in [-0.2, 0) is 0 Å². The van der Waals surface area contributed by atoms with Crippen molar-refractivity contribution < 1.29 is 15.0 Å². The summed E-state index contributed by atoms with van der Waals surface area (Å²) in [6, 6.07) is 3.34. The summed E-state index contributed by atoms with van der Waals surface area (Å²) in [5.41, 5.74) is 0.209. The molecule has 1 aliphatic rings. The standard InChI is InChI=1S/C13H19N3O3/c17-9-8-15-4-1-5-16(7-6-15)12-3-2-11(10-14-12)13(18)19/h2-3,10,17H,1,4-9H2,(H,18,19). The van der Waals surface area contributed by atoms with Gasteiger partial charge in [0.2, 0.25) is 0 Å². The van der Waals surface area contributed by atoms with E-state index in [0.29, 0.717) is 6.54 Å². The van der Waals surface area contributed by atoms with Gasteiger partial charge in [0.25, 0.3) is 0 Å². The Morgan fingerprint density at radius 2 is 2.11 bits per heavy atom. The van der Waals surface area contributed by atoms with Crippen LogP contribution in [-0.4, -0.2) is 65.4 Å². The van der Waals surface area contributed by atoms with E-state index < -0.39 is 5.97 Å². The van der Waals surface area contributed by atoms with Gasteiger partial charge in [-0.2, -0.15) is 0 Å². The van der Waals surface area contributed by atoms with Crippen molar-refractivity contribution in [2.24, 2.45) is 0 Å². The summed E-state index contributed by atoms with van der Waals surface area (Å²) in [4.78, 5) is 19.4. The Kier molecular flexibility index (Phi) is 4.70. The molecule has 0 spiro atoms.